The average molecular weight is 354 g/mol. The van der Waals surface area contributed by atoms with Gasteiger partial charge in [-0.15, -0.1) is 0 Å². The van der Waals surface area contributed by atoms with Crippen molar-refractivity contribution >= 4 is 15.9 Å². The Morgan fingerprint density at radius 2 is 1.90 bits per heavy atom. The van der Waals surface area contributed by atoms with Crippen molar-refractivity contribution in [1.82, 2.24) is 0 Å². The lowest BCUT2D eigenvalue weighted by atomic mass is 10.1. The molecule has 0 aliphatic carbocycles. The maximum atomic E-state index is 13.3. The fourth-order valence-electron chi connectivity index (χ4n) is 2.02. The number of rotatable bonds is 5. The third-order valence-electron chi connectivity index (χ3n) is 3.09. The molecule has 0 fully saturated rings. The van der Waals surface area contributed by atoms with Crippen LogP contribution in [-0.2, 0) is 6.61 Å². The minimum Gasteiger partial charge on any atom is -0.496 e. The van der Waals surface area contributed by atoms with Crippen LogP contribution in [0.2, 0.25) is 0 Å². The van der Waals surface area contributed by atoms with Gasteiger partial charge in [0.15, 0.2) is 0 Å². The van der Waals surface area contributed by atoms with E-state index in [4.69, 9.17) is 15.2 Å². The van der Waals surface area contributed by atoms with Crippen molar-refractivity contribution in [2.24, 2.45) is 5.73 Å². The molecule has 5 heteroatoms. The normalized spacial score (nSPS) is 12.0. The Bertz CT molecular complexity index is 632. The Balaban J connectivity index is 2.22. The maximum Gasteiger partial charge on any atom is 0.125 e. The number of hydrogen-bond acceptors (Lipinski definition) is 3. The summed E-state index contributed by atoms with van der Waals surface area (Å²) in [6.07, 6.45) is 0. The van der Waals surface area contributed by atoms with Gasteiger partial charge in [0, 0.05) is 21.6 Å². The van der Waals surface area contributed by atoms with Crippen LogP contribution in [0.15, 0.2) is 40.9 Å². The maximum absolute atomic E-state index is 13.3. The first-order valence-electron chi connectivity index (χ1n) is 6.51. The van der Waals surface area contributed by atoms with Gasteiger partial charge in [-0.05, 0) is 43.3 Å². The lowest BCUT2D eigenvalue weighted by Gasteiger charge is -2.15. The monoisotopic (exact) mass is 353 g/mol. The zero-order valence-corrected chi connectivity index (χ0v) is 13.5. The topological polar surface area (TPSA) is 44.5 Å². The highest BCUT2D eigenvalue weighted by Crippen LogP contribution is 2.28. The van der Waals surface area contributed by atoms with E-state index in [1.165, 1.54) is 12.1 Å². The minimum atomic E-state index is -0.324. The lowest BCUT2D eigenvalue weighted by Crippen LogP contribution is -2.09. The van der Waals surface area contributed by atoms with Gasteiger partial charge in [-0.3, -0.25) is 0 Å². The van der Waals surface area contributed by atoms with Gasteiger partial charge in [0.2, 0.25) is 0 Å². The number of halogens is 2. The first-order valence-corrected chi connectivity index (χ1v) is 7.31. The van der Waals surface area contributed by atoms with E-state index in [1.54, 1.807) is 20.1 Å². The van der Waals surface area contributed by atoms with Crippen molar-refractivity contribution in [3.63, 3.8) is 0 Å². The predicted octanol–water partition coefficient (Wildman–Crippen LogP) is 4.20. The van der Waals surface area contributed by atoms with Crippen molar-refractivity contribution < 1.29 is 13.9 Å². The van der Waals surface area contributed by atoms with Crippen molar-refractivity contribution in [3.8, 4) is 11.5 Å². The van der Waals surface area contributed by atoms with Crippen molar-refractivity contribution in [3.05, 3.63) is 57.8 Å². The lowest BCUT2D eigenvalue weighted by molar-refractivity contribution is 0.292. The summed E-state index contributed by atoms with van der Waals surface area (Å²) in [5.74, 6) is 0.991. The van der Waals surface area contributed by atoms with Gasteiger partial charge >= 0.3 is 0 Å². The molecule has 0 spiro atoms. The molecule has 0 aliphatic rings. The summed E-state index contributed by atoms with van der Waals surface area (Å²) in [4.78, 5) is 0. The van der Waals surface area contributed by atoms with Crippen LogP contribution in [-0.4, -0.2) is 7.11 Å². The van der Waals surface area contributed by atoms with E-state index in [1.807, 2.05) is 18.2 Å². The van der Waals surface area contributed by atoms with Crippen LogP contribution < -0.4 is 15.2 Å². The molecule has 2 N–H and O–H groups in total. The van der Waals surface area contributed by atoms with Crippen molar-refractivity contribution in [2.45, 2.75) is 19.6 Å². The summed E-state index contributed by atoms with van der Waals surface area (Å²) in [6.45, 7) is 2.11. The Morgan fingerprint density at radius 1 is 1.19 bits per heavy atom. The van der Waals surface area contributed by atoms with E-state index in [0.717, 1.165) is 15.8 Å². The summed E-state index contributed by atoms with van der Waals surface area (Å²) < 4.78 is 25.3. The van der Waals surface area contributed by atoms with E-state index in [9.17, 15) is 4.39 Å². The Labute approximate surface area is 132 Å². The van der Waals surface area contributed by atoms with Crippen molar-refractivity contribution in [2.75, 3.05) is 7.11 Å². The van der Waals surface area contributed by atoms with Crippen LogP contribution in [0.4, 0.5) is 4.39 Å². The first kappa shape index (κ1) is 15.8. The van der Waals surface area contributed by atoms with Crippen molar-refractivity contribution in [1.29, 1.82) is 0 Å². The van der Waals surface area contributed by atoms with E-state index < -0.39 is 0 Å². The standard InChI is InChI=1S/C16H17BrFNO2/c1-10(19)14-8-13(18)4-6-16(14)21-9-11-7-12(17)3-5-15(11)20-2/h3-8,10H,9,19H2,1-2H3/t10-/m0/s1. The number of hydrogen-bond donors (Lipinski definition) is 1. The molecule has 0 heterocycles. The number of nitrogens with two attached hydrogens (primary N) is 1. The van der Waals surface area contributed by atoms with Crippen LogP contribution in [0, 0.1) is 5.82 Å². The fourth-order valence-corrected chi connectivity index (χ4v) is 2.43. The minimum absolute atomic E-state index is 0.305. The molecule has 0 aliphatic heterocycles. The average Bonchev–Trinajstić information content (AvgIpc) is 2.46. The highest BCUT2D eigenvalue weighted by molar-refractivity contribution is 9.10. The van der Waals surface area contributed by atoms with Crippen LogP contribution in [0.5, 0.6) is 11.5 Å². The van der Waals surface area contributed by atoms with Crippen LogP contribution in [0.25, 0.3) is 0 Å². The molecule has 21 heavy (non-hydrogen) atoms. The van der Waals surface area contributed by atoms with Gasteiger partial charge in [-0.25, -0.2) is 4.39 Å². The molecule has 0 unspecified atom stereocenters. The quantitative estimate of drug-likeness (QED) is 0.876. The highest BCUT2D eigenvalue weighted by Gasteiger charge is 2.11. The van der Waals surface area contributed by atoms with Gasteiger partial charge in [-0.1, -0.05) is 15.9 Å². The molecule has 112 valence electrons. The molecule has 1 atom stereocenters. The van der Waals surface area contributed by atoms with Gasteiger partial charge < -0.3 is 15.2 Å². The van der Waals surface area contributed by atoms with E-state index >= 15 is 0 Å². The van der Waals surface area contributed by atoms with Gasteiger partial charge in [0.1, 0.15) is 23.9 Å². The van der Waals surface area contributed by atoms with Gasteiger partial charge in [-0.2, -0.15) is 0 Å². The zero-order valence-electron chi connectivity index (χ0n) is 11.9. The third-order valence-corrected chi connectivity index (χ3v) is 3.58. The van der Waals surface area contributed by atoms with Crippen LogP contribution in [0.1, 0.15) is 24.1 Å². The summed E-state index contributed by atoms with van der Waals surface area (Å²) in [5.41, 5.74) is 7.39. The fraction of sp³-hybridized carbons (Fsp3) is 0.250. The summed E-state index contributed by atoms with van der Waals surface area (Å²) in [7, 11) is 1.61. The number of ether oxygens (including phenoxy) is 2. The first-order chi connectivity index (χ1) is 10.0. The summed E-state index contributed by atoms with van der Waals surface area (Å²) >= 11 is 3.42. The Hall–Kier alpha value is -1.59. The number of benzene rings is 2. The predicted molar refractivity (Wildman–Crippen MR) is 84.0 cm³/mol. The molecular weight excluding hydrogens is 337 g/mol. The van der Waals surface area contributed by atoms with Crippen LogP contribution in [0.3, 0.4) is 0 Å². The van der Waals surface area contributed by atoms with Gasteiger partial charge in [0.25, 0.3) is 0 Å². The second kappa shape index (κ2) is 6.91. The molecule has 2 aromatic rings. The molecule has 2 aromatic carbocycles. The molecule has 0 saturated heterocycles. The van der Waals surface area contributed by atoms with Crippen LogP contribution >= 0.6 is 15.9 Å². The molecule has 0 bridgehead atoms. The molecular formula is C16H17BrFNO2. The Morgan fingerprint density at radius 3 is 2.57 bits per heavy atom. The third kappa shape index (κ3) is 3.95. The molecule has 3 nitrogen and oxygen atoms in total. The van der Waals surface area contributed by atoms with Gasteiger partial charge in [0.05, 0.1) is 7.11 Å². The SMILES string of the molecule is COc1ccc(Br)cc1COc1ccc(F)cc1[C@H](C)N. The largest absolute Gasteiger partial charge is 0.496 e. The molecule has 0 radical (unpaired) electrons. The highest BCUT2D eigenvalue weighted by atomic mass is 79.9. The second-order valence-corrected chi connectivity index (χ2v) is 5.63. The molecule has 0 aromatic heterocycles. The zero-order chi connectivity index (χ0) is 15.4. The smallest absolute Gasteiger partial charge is 0.125 e. The molecule has 2 rings (SSSR count). The molecule has 0 saturated carbocycles. The number of methoxy groups -OCH3 is 1. The Kier molecular flexibility index (Phi) is 5.20. The summed E-state index contributed by atoms with van der Waals surface area (Å²) in [5, 5.41) is 0. The van der Waals surface area contributed by atoms with E-state index in [0.29, 0.717) is 17.9 Å². The molecule has 0 amide bonds. The second-order valence-electron chi connectivity index (χ2n) is 4.72. The van der Waals surface area contributed by atoms with E-state index in [2.05, 4.69) is 15.9 Å². The van der Waals surface area contributed by atoms with E-state index in [-0.39, 0.29) is 11.9 Å². The summed E-state index contributed by atoms with van der Waals surface area (Å²) in [6, 6.07) is 9.73.